The average molecular weight is 375 g/mol. The largest absolute Gasteiger partial charge is 0.466 e. The van der Waals surface area contributed by atoms with Gasteiger partial charge in [-0.25, -0.2) is 9.50 Å². The predicted molar refractivity (Wildman–Crippen MR) is 102 cm³/mol. The number of aromatic nitrogens is 3. The van der Waals surface area contributed by atoms with Crippen molar-refractivity contribution in [2.24, 2.45) is 0 Å². The number of furan rings is 1. The fourth-order valence-corrected chi connectivity index (χ4v) is 2.98. The molecule has 28 heavy (non-hydrogen) atoms. The van der Waals surface area contributed by atoms with Crippen LogP contribution in [0.5, 0.6) is 0 Å². The molecule has 0 bridgehead atoms. The van der Waals surface area contributed by atoms with E-state index in [1.54, 1.807) is 30.6 Å². The molecule has 0 unspecified atom stereocenters. The Morgan fingerprint density at radius 3 is 2.39 bits per heavy atom. The molecule has 2 N–H and O–H groups in total. The molecule has 0 atom stereocenters. The molecule has 1 aromatic carbocycles. The summed E-state index contributed by atoms with van der Waals surface area (Å²) in [5.41, 5.74) is 7.54. The van der Waals surface area contributed by atoms with Crippen LogP contribution >= 0.6 is 0 Å². The number of carbonyl (C=O) groups excluding carboxylic acids is 2. The van der Waals surface area contributed by atoms with Crippen LogP contribution < -0.4 is 10.9 Å². The van der Waals surface area contributed by atoms with Crippen molar-refractivity contribution in [2.45, 2.75) is 13.8 Å². The second kappa shape index (κ2) is 6.99. The second-order valence-electron chi connectivity index (χ2n) is 6.22. The summed E-state index contributed by atoms with van der Waals surface area (Å²) < 4.78 is 6.92. The minimum atomic E-state index is -0.515. The maximum absolute atomic E-state index is 12.6. The Balaban J connectivity index is 1.57. The van der Waals surface area contributed by atoms with Gasteiger partial charge in [-0.15, -0.1) is 0 Å². The van der Waals surface area contributed by atoms with Crippen molar-refractivity contribution < 1.29 is 14.0 Å². The number of fused-ring (bicyclic) bond motifs is 1. The Kier molecular flexibility index (Phi) is 4.36. The Labute approximate surface area is 160 Å². The van der Waals surface area contributed by atoms with Gasteiger partial charge >= 0.3 is 0 Å². The third-order valence-electron chi connectivity index (χ3n) is 4.29. The summed E-state index contributed by atoms with van der Waals surface area (Å²) in [7, 11) is 0. The molecule has 0 saturated carbocycles. The van der Waals surface area contributed by atoms with Crippen molar-refractivity contribution in [1.29, 1.82) is 0 Å². The zero-order chi connectivity index (χ0) is 19.7. The summed E-state index contributed by atoms with van der Waals surface area (Å²) in [6.45, 7) is 3.43. The van der Waals surface area contributed by atoms with E-state index in [0.717, 1.165) is 11.3 Å². The normalized spacial score (nSPS) is 10.8. The molecule has 0 aliphatic carbocycles. The van der Waals surface area contributed by atoms with E-state index in [9.17, 15) is 9.59 Å². The van der Waals surface area contributed by atoms with E-state index in [1.165, 1.54) is 6.20 Å². The lowest BCUT2D eigenvalue weighted by Crippen LogP contribution is -2.41. The minimum absolute atomic E-state index is 0.248. The average Bonchev–Trinajstić information content (AvgIpc) is 3.29. The van der Waals surface area contributed by atoms with E-state index in [2.05, 4.69) is 20.9 Å². The molecule has 0 fully saturated rings. The number of hydrogen-bond acceptors (Lipinski definition) is 5. The SMILES string of the molecule is Cc1cc(C(=O)NNC(=O)c2cnn3c(-c4ccccc4)ccnc23)c(C)o1. The zero-order valence-corrected chi connectivity index (χ0v) is 15.3. The first-order valence-electron chi connectivity index (χ1n) is 8.60. The van der Waals surface area contributed by atoms with Gasteiger partial charge in [0.15, 0.2) is 5.65 Å². The lowest BCUT2D eigenvalue weighted by molar-refractivity contribution is 0.0846. The molecule has 8 heteroatoms. The monoisotopic (exact) mass is 375 g/mol. The van der Waals surface area contributed by atoms with Crippen molar-refractivity contribution in [1.82, 2.24) is 25.4 Å². The summed E-state index contributed by atoms with van der Waals surface area (Å²) in [5.74, 6) is 0.125. The highest BCUT2D eigenvalue weighted by Gasteiger charge is 2.18. The zero-order valence-electron chi connectivity index (χ0n) is 15.3. The van der Waals surface area contributed by atoms with Gasteiger partial charge in [-0.2, -0.15) is 5.10 Å². The Morgan fingerprint density at radius 1 is 1.00 bits per heavy atom. The van der Waals surface area contributed by atoms with E-state index in [-0.39, 0.29) is 5.56 Å². The van der Waals surface area contributed by atoms with E-state index < -0.39 is 11.8 Å². The van der Waals surface area contributed by atoms with Crippen LogP contribution in [0.2, 0.25) is 0 Å². The molecule has 0 saturated heterocycles. The molecule has 0 aliphatic heterocycles. The lowest BCUT2D eigenvalue weighted by Gasteiger charge is -2.07. The lowest BCUT2D eigenvalue weighted by atomic mass is 10.1. The quantitative estimate of drug-likeness (QED) is 0.536. The molecule has 3 aromatic heterocycles. The minimum Gasteiger partial charge on any atom is -0.466 e. The van der Waals surface area contributed by atoms with Gasteiger partial charge in [-0.3, -0.25) is 20.4 Å². The van der Waals surface area contributed by atoms with E-state index in [4.69, 9.17) is 4.42 Å². The molecular formula is C20H17N5O3. The number of nitrogens with one attached hydrogen (secondary N) is 2. The number of carbonyl (C=O) groups is 2. The van der Waals surface area contributed by atoms with Crippen LogP contribution in [0.3, 0.4) is 0 Å². The number of hydrazine groups is 1. The van der Waals surface area contributed by atoms with Gasteiger partial charge in [0.05, 0.1) is 17.5 Å². The second-order valence-corrected chi connectivity index (χ2v) is 6.22. The van der Waals surface area contributed by atoms with Crippen molar-refractivity contribution in [3.05, 3.63) is 77.5 Å². The molecule has 8 nitrogen and oxygen atoms in total. The van der Waals surface area contributed by atoms with E-state index >= 15 is 0 Å². The van der Waals surface area contributed by atoms with Gasteiger partial charge in [0.25, 0.3) is 11.8 Å². The fourth-order valence-electron chi connectivity index (χ4n) is 2.98. The van der Waals surface area contributed by atoms with Gasteiger partial charge in [0.1, 0.15) is 17.1 Å². The predicted octanol–water partition coefficient (Wildman–Crippen LogP) is 2.68. The van der Waals surface area contributed by atoms with Crippen LogP contribution in [0.25, 0.3) is 16.9 Å². The Morgan fingerprint density at radius 2 is 1.71 bits per heavy atom. The molecule has 3 heterocycles. The molecular weight excluding hydrogens is 358 g/mol. The number of amides is 2. The summed E-state index contributed by atoms with van der Waals surface area (Å²) in [6, 6.07) is 13.1. The number of rotatable bonds is 3. The van der Waals surface area contributed by atoms with Gasteiger partial charge < -0.3 is 4.42 Å². The van der Waals surface area contributed by atoms with E-state index in [1.807, 2.05) is 36.4 Å². The van der Waals surface area contributed by atoms with Gasteiger partial charge in [0, 0.05) is 11.8 Å². The highest BCUT2D eigenvalue weighted by Crippen LogP contribution is 2.20. The first kappa shape index (κ1) is 17.5. The maximum Gasteiger partial charge on any atom is 0.275 e. The fraction of sp³-hybridized carbons (Fsp3) is 0.100. The molecule has 0 aliphatic rings. The van der Waals surface area contributed by atoms with Crippen molar-refractivity contribution in [3.8, 4) is 11.3 Å². The third kappa shape index (κ3) is 3.11. The molecule has 4 aromatic rings. The van der Waals surface area contributed by atoms with Crippen molar-refractivity contribution in [3.63, 3.8) is 0 Å². The Bertz CT molecular complexity index is 1180. The molecule has 0 radical (unpaired) electrons. The van der Waals surface area contributed by atoms with Crippen LogP contribution in [-0.4, -0.2) is 26.4 Å². The summed E-state index contributed by atoms with van der Waals surface area (Å²) >= 11 is 0. The number of nitrogens with zero attached hydrogens (tertiary/aromatic N) is 3. The molecule has 2 amide bonds. The topological polar surface area (TPSA) is 102 Å². The highest BCUT2D eigenvalue weighted by atomic mass is 16.3. The van der Waals surface area contributed by atoms with Crippen molar-refractivity contribution >= 4 is 17.5 Å². The summed E-state index contributed by atoms with van der Waals surface area (Å²) in [4.78, 5) is 29.0. The number of benzene rings is 1. The van der Waals surface area contributed by atoms with E-state index in [0.29, 0.717) is 22.7 Å². The number of aryl methyl sites for hydroxylation is 2. The summed E-state index contributed by atoms with van der Waals surface area (Å²) in [5, 5.41) is 4.28. The molecule has 0 spiro atoms. The van der Waals surface area contributed by atoms with Gasteiger partial charge in [-0.1, -0.05) is 30.3 Å². The van der Waals surface area contributed by atoms with Crippen LogP contribution in [0.1, 0.15) is 32.2 Å². The third-order valence-corrected chi connectivity index (χ3v) is 4.29. The van der Waals surface area contributed by atoms with Gasteiger partial charge in [-0.05, 0) is 26.0 Å². The standard InChI is InChI=1S/C20H17N5O3/c1-12-10-15(13(2)28-12)19(26)23-24-20(27)16-11-22-25-17(8-9-21-18(16)25)14-6-4-3-5-7-14/h3-11H,1-2H3,(H,23,26)(H,24,27). The smallest absolute Gasteiger partial charge is 0.275 e. The van der Waals surface area contributed by atoms with Crippen molar-refractivity contribution in [2.75, 3.05) is 0 Å². The van der Waals surface area contributed by atoms with Crippen LogP contribution in [0.4, 0.5) is 0 Å². The van der Waals surface area contributed by atoms with Crippen LogP contribution in [-0.2, 0) is 0 Å². The van der Waals surface area contributed by atoms with Crippen LogP contribution in [0, 0.1) is 13.8 Å². The molecule has 140 valence electrons. The van der Waals surface area contributed by atoms with Crippen LogP contribution in [0.15, 0.2) is 59.3 Å². The maximum atomic E-state index is 12.6. The Hall–Kier alpha value is -3.94. The first-order valence-corrected chi connectivity index (χ1v) is 8.60. The number of hydrogen-bond donors (Lipinski definition) is 2. The molecule has 4 rings (SSSR count). The first-order chi connectivity index (χ1) is 13.5. The summed E-state index contributed by atoms with van der Waals surface area (Å²) in [6.07, 6.45) is 3.04. The van der Waals surface area contributed by atoms with Gasteiger partial charge in [0.2, 0.25) is 0 Å². The highest BCUT2D eigenvalue weighted by molar-refractivity contribution is 6.02.